The summed E-state index contributed by atoms with van der Waals surface area (Å²) in [7, 11) is 2.08. The molecule has 0 aromatic heterocycles. The van der Waals surface area contributed by atoms with Crippen LogP contribution in [-0.4, -0.2) is 30.4 Å². The predicted octanol–water partition coefficient (Wildman–Crippen LogP) is 0.982. The molecule has 0 aromatic carbocycles. The first-order chi connectivity index (χ1) is 5.96. The first-order valence-electron chi connectivity index (χ1n) is 4.96. The zero-order valence-electron chi connectivity index (χ0n) is 8.84. The number of rotatable bonds is 2. The molecule has 3 nitrogen and oxygen atoms in total. The molecule has 1 rings (SSSR count). The van der Waals surface area contributed by atoms with Crippen molar-refractivity contribution in [3.05, 3.63) is 0 Å². The van der Waals surface area contributed by atoms with Crippen molar-refractivity contribution < 1.29 is 4.79 Å². The van der Waals surface area contributed by atoms with Crippen LogP contribution in [0.2, 0.25) is 0 Å². The number of nitrogens with zero attached hydrogens (tertiary/aromatic N) is 1. The monoisotopic (exact) mass is 184 g/mol. The van der Waals surface area contributed by atoms with Gasteiger partial charge < -0.3 is 10.6 Å². The van der Waals surface area contributed by atoms with E-state index in [1.807, 2.05) is 13.8 Å². The van der Waals surface area contributed by atoms with Crippen LogP contribution in [0.15, 0.2) is 0 Å². The van der Waals surface area contributed by atoms with Crippen LogP contribution >= 0.6 is 0 Å². The van der Waals surface area contributed by atoms with Gasteiger partial charge in [-0.15, -0.1) is 0 Å². The molecule has 2 N–H and O–H groups in total. The van der Waals surface area contributed by atoms with Gasteiger partial charge in [0.1, 0.15) is 0 Å². The fourth-order valence-electron chi connectivity index (χ4n) is 2.15. The van der Waals surface area contributed by atoms with Gasteiger partial charge in [-0.2, -0.15) is 0 Å². The van der Waals surface area contributed by atoms with Crippen LogP contribution in [0.1, 0.15) is 33.1 Å². The molecule has 1 fully saturated rings. The van der Waals surface area contributed by atoms with Gasteiger partial charge in [0.15, 0.2) is 0 Å². The van der Waals surface area contributed by atoms with Crippen LogP contribution in [0.5, 0.6) is 0 Å². The minimum absolute atomic E-state index is 0.189. The van der Waals surface area contributed by atoms with Crippen LogP contribution in [0.3, 0.4) is 0 Å². The molecule has 1 aliphatic rings. The molecule has 0 unspecified atom stereocenters. The molecule has 0 aromatic rings. The highest BCUT2D eigenvalue weighted by atomic mass is 16.1. The summed E-state index contributed by atoms with van der Waals surface area (Å²) in [6, 6.07) is 0.318. The van der Waals surface area contributed by atoms with Crippen LogP contribution < -0.4 is 5.73 Å². The summed E-state index contributed by atoms with van der Waals surface area (Å²) >= 11 is 0. The molecule has 1 aliphatic heterocycles. The number of primary amides is 1. The maximum Gasteiger partial charge on any atom is 0.224 e. The number of amides is 1. The number of likely N-dealkylation sites (tertiary alicyclic amines) is 1. The van der Waals surface area contributed by atoms with Crippen LogP contribution in [0.25, 0.3) is 0 Å². The van der Waals surface area contributed by atoms with E-state index in [2.05, 4.69) is 11.9 Å². The summed E-state index contributed by atoms with van der Waals surface area (Å²) in [5.74, 6) is -0.189. The third-order valence-electron chi connectivity index (χ3n) is 3.24. The normalized spacial score (nSPS) is 25.9. The van der Waals surface area contributed by atoms with E-state index in [4.69, 9.17) is 5.73 Å². The SMILES string of the molecule is CN1CCCC[C@H]1C(C)(C)C(N)=O. The fraction of sp³-hybridized carbons (Fsp3) is 0.900. The molecule has 13 heavy (non-hydrogen) atoms. The molecule has 3 heteroatoms. The predicted molar refractivity (Wildman–Crippen MR) is 53.2 cm³/mol. The Morgan fingerprint density at radius 3 is 2.54 bits per heavy atom. The minimum Gasteiger partial charge on any atom is -0.369 e. The first-order valence-corrected chi connectivity index (χ1v) is 4.96. The Morgan fingerprint density at radius 2 is 2.08 bits per heavy atom. The summed E-state index contributed by atoms with van der Waals surface area (Å²) in [5.41, 5.74) is 5.00. The van der Waals surface area contributed by atoms with Crippen molar-refractivity contribution >= 4 is 5.91 Å². The van der Waals surface area contributed by atoms with Crippen molar-refractivity contribution in [3.63, 3.8) is 0 Å². The summed E-state index contributed by atoms with van der Waals surface area (Å²) in [5, 5.41) is 0. The number of hydrogen-bond donors (Lipinski definition) is 1. The van der Waals surface area contributed by atoms with Crippen LogP contribution in [-0.2, 0) is 4.79 Å². The van der Waals surface area contributed by atoms with Gasteiger partial charge in [0.05, 0.1) is 5.41 Å². The summed E-state index contributed by atoms with van der Waals surface area (Å²) in [6.07, 6.45) is 3.54. The Labute approximate surface area is 80.3 Å². The second-order valence-corrected chi connectivity index (χ2v) is 4.58. The molecule has 0 radical (unpaired) electrons. The van der Waals surface area contributed by atoms with Crippen LogP contribution in [0.4, 0.5) is 0 Å². The molecule has 1 amide bonds. The van der Waals surface area contributed by atoms with Gasteiger partial charge in [-0.3, -0.25) is 4.79 Å². The largest absolute Gasteiger partial charge is 0.369 e. The Hall–Kier alpha value is -0.570. The molecule has 1 saturated heterocycles. The lowest BCUT2D eigenvalue weighted by atomic mass is 9.78. The van der Waals surface area contributed by atoms with Crippen molar-refractivity contribution in [2.24, 2.45) is 11.1 Å². The van der Waals surface area contributed by atoms with Crippen LogP contribution in [0, 0.1) is 5.41 Å². The van der Waals surface area contributed by atoms with Gasteiger partial charge in [0.25, 0.3) is 0 Å². The first kappa shape index (κ1) is 10.5. The summed E-state index contributed by atoms with van der Waals surface area (Å²) in [6.45, 7) is 4.98. The Bertz CT molecular complexity index is 201. The zero-order chi connectivity index (χ0) is 10.1. The molecule has 0 spiro atoms. The number of piperidine rings is 1. The summed E-state index contributed by atoms with van der Waals surface area (Å²) in [4.78, 5) is 13.5. The van der Waals surface area contributed by atoms with E-state index in [1.54, 1.807) is 0 Å². The van der Waals surface area contributed by atoms with Gasteiger partial charge in [-0.1, -0.05) is 6.42 Å². The van der Waals surface area contributed by atoms with E-state index >= 15 is 0 Å². The molecule has 0 aliphatic carbocycles. The van der Waals surface area contributed by atoms with Gasteiger partial charge in [-0.05, 0) is 40.3 Å². The number of carbonyl (C=O) groups is 1. The highest BCUT2D eigenvalue weighted by Crippen LogP contribution is 2.30. The lowest BCUT2D eigenvalue weighted by Gasteiger charge is -2.41. The van der Waals surface area contributed by atoms with E-state index in [0.29, 0.717) is 6.04 Å². The average molecular weight is 184 g/mol. The van der Waals surface area contributed by atoms with Crippen molar-refractivity contribution in [1.29, 1.82) is 0 Å². The molecular weight excluding hydrogens is 164 g/mol. The summed E-state index contributed by atoms with van der Waals surface area (Å²) < 4.78 is 0. The van der Waals surface area contributed by atoms with Gasteiger partial charge >= 0.3 is 0 Å². The maximum atomic E-state index is 11.3. The second kappa shape index (κ2) is 3.66. The third-order valence-corrected chi connectivity index (χ3v) is 3.24. The molecule has 0 saturated carbocycles. The van der Waals surface area contributed by atoms with E-state index in [-0.39, 0.29) is 5.91 Å². The Balaban J connectivity index is 2.73. The van der Waals surface area contributed by atoms with E-state index < -0.39 is 5.41 Å². The molecule has 0 bridgehead atoms. The smallest absolute Gasteiger partial charge is 0.224 e. The fourth-order valence-corrected chi connectivity index (χ4v) is 2.15. The zero-order valence-corrected chi connectivity index (χ0v) is 8.84. The van der Waals surface area contributed by atoms with Crippen molar-refractivity contribution in [1.82, 2.24) is 4.90 Å². The molecule has 1 heterocycles. The van der Waals surface area contributed by atoms with E-state index in [0.717, 1.165) is 13.0 Å². The number of carbonyl (C=O) groups excluding carboxylic acids is 1. The van der Waals surface area contributed by atoms with Crippen molar-refractivity contribution in [3.8, 4) is 0 Å². The van der Waals surface area contributed by atoms with E-state index in [9.17, 15) is 4.79 Å². The topological polar surface area (TPSA) is 46.3 Å². The van der Waals surface area contributed by atoms with Crippen molar-refractivity contribution in [2.45, 2.75) is 39.2 Å². The average Bonchev–Trinajstić information content (AvgIpc) is 2.04. The number of nitrogens with two attached hydrogens (primary N) is 1. The number of hydrogen-bond acceptors (Lipinski definition) is 2. The lowest BCUT2D eigenvalue weighted by Crippen LogP contribution is -2.51. The quantitative estimate of drug-likeness (QED) is 0.695. The second-order valence-electron chi connectivity index (χ2n) is 4.58. The molecule has 76 valence electrons. The highest BCUT2D eigenvalue weighted by Gasteiger charge is 2.38. The Morgan fingerprint density at radius 1 is 1.46 bits per heavy atom. The molecule has 1 atom stereocenters. The van der Waals surface area contributed by atoms with Gasteiger partial charge in [0, 0.05) is 6.04 Å². The highest BCUT2D eigenvalue weighted by molar-refractivity contribution is 5.80. The lowest BCUT2D eigenvalue weighted by molar-refractivity contribution is -0.130. The van der Waals surface area contributed by atoms with Crippen molar-refractivity contribution in [2.75, 3.05) is 13.6 Å². The van der Waals surface area contributed by atoms with E-state index in [1.165, 1.54) is 12.8 Å². The molecular formula is C10H20N2O. The van der Waals surface area contributed by atoms with Gasteiger partial charge in [0.2, 0.25) is 5.91 Å². The standard InChI is InChI=1S/C10H20N2O/c1-10(2,9(11)13)8-6-4-5-7-12(8)3/h8H,4-7H2,1-3H3,(H2,11,13)/t8-/m0/s1. The van der Waals surface area contributed by atoms with Gasteiger partial charge in [-0.25, -0.2) is 0 Å². The maximum absolute atomic E-state index is 11.3. The third kappa shape index (κ3) is 2.02. The Kier molecular flexibility index (Phi) is 2.96. The minimum atomic E-state index is -0.394.